The van der Waals surface area contributed by atoms with E-state index in [1.54, 1.807) is 6.07 Å². The molecule has 2 heteroatoms. The molecule has 0 spiro atoms. The third-order valence-electron chi connectivity index (χ3n) is 8.68. The molecule has 0 aliphatic heterocycles. The SMILES string of the molecule is CCCCCC1CCC2CC(c3c(F)cc4c(c3F)CCC(CC)C4)CCC2C1. The fourth-order valence-electron chi connectivity index (χ4n) is 6.86. The standard InChI is InChI=1S/C27H40F2/c1-3-5-6-7-19-8-10-21-16-22(12-11-20(21)15-19)26-25(28)17-23-14-18(4-2)9-13-24(23)27(26)29/h17-22H,3-16H2,1-2H3. The smallest absolute Gasteiger partial charge is 0.133 e. The Labute approximate surface area is 176 Å². The fraction of sp³-hybridized carbons (Fsp3) is 0.778. The highest BCUT2D eigenvalue weighted by Gasteiger charge is 2.38. The number of hydrogen-bond donors (Lipinski definition) is 0. The lowest BCUT2D eigenvalue weighted by molar-refractivity contribution is 0.111. The van der Waals surface area contributed by atoms with Crippen molar-refractivity contribution in [1.29, 1.82) is 0 Å². The number of fused-ring (bicyclic) bond motifs is 2. The predicted molar refractivity (Wildman–Crippen MR) is 117 cm³/mol. The zero-order valence-electron chi connectivity index (χ0n) is 18.6. The van der Waals surface area contributed by atoms with Gasteiger partial charge >= 0.3 is 0 Å². The van der Waals surface area contributed by atoms with Gasteiger partial charge in [0.25, 0.3) is 0 Å². The minimum atomic E-state index is -0.255. The van der Waals surface area contributed by atoms with E-state index in [1.165, 1.54) is 51.4 Å². The van der Waals surface area contributed by atoms with E-state index < -0.39 is 0 Å². The molecule has 0 N–H and O–H groups in total. The molecule has 162 valence electrons. The van der Waals surface area contributed by atoms with Gasteiger partial charge in [-0.25, -0.2) is 8.78 Å². The molecule has 0 aromatic heterocycles. The summed E-state index contributed by atoms with van der Waals surface area (Å²) in [4.78, 5) is 0. The molecule has 3 aliphatic carbocycles. The van der Waals surface area contributed by atoms with Crippen LogP contribution in [0.25, 0.3) is 0 Å². The zero-order chi connectivity index (χ0) is 20.4. The normalized spacial score (nSPS) is 31.9. The molecule has 0 heterocycles. The van der Waals surface area contributed by atoms with Gasteiger partial charge in [-0.2, -0.15) is 0 Å². The first kappa shape index (κ1) is 21.3. The van der Waals surface area contributed by atoms with Crippen molar-refractivity contribution in [1.82, 2.24) is 0 Å². The molecule has 2 fully saturated rings. The maximum atomic E-state index is 15.4. The van der Waals surface area contributed by atoms with E-state index in [9.17, 15) is 0 Å². The van der Waals surface area contributed by atoms with Crippen molar-refractivity contribution in [2.45, 2.75) is 110 Å². The average molecular weight is 403 g/mol. The molecular weight excluding hydrogens is 362 g/mol. The van der Waals surface area contributed by atoms with E-state index in [0.717, 1.165) is 61.5 Å². The van der Waals surface area contributed by atoms with Crippen LogP contribution in [0.3, 0.4) is 0 Å². The van der Waals surface area contributed by atoms with Crippen LogP contribution in [0.15, 0.2) is 6.07 Å². The van der Waals surface area contributed by atoms with E-state index in [4.69, 9.17) is 0 Å². The number of unbranched alkanes of at least 4 members (excludes halogenated alkanes) is 2. The summed E-state index contributed by atoms with van der Waals surface area (Å²) >= 11 is 0. The molecule has 4 rings (SSSR count). The van der Waals surface area contributed by atoms with Gasteiger partial charge in [-0.05, 0) is 98.1 Å². The topological polar surface area (TPSA) is 0 Å². The molecule has 0 bridgehead atoms. The fourth-order valence-corrected chi connectivity index (χ4v) is 6.86. The van der Waals surface area contributed by atoms with Crippen LogP contribution in [0.4, 0.5) is 8.78 Å². The van der Waals surface area contributed by atoms with E-state index in [1.807, 2.05) is 0 Å². The average Bonchev–Trinajstić information content (AvgIpc) is 2.73. The van der Waals surface area contributed by atoms with E-state index in [0.29, 0.717) is 17.4 Å². The molecule has 0 amide bonds. The van der Waals surface area contributed by atoms with Crippen LogP contribution < -0.4 is 0 Å². The monoisotopic (exact) mass is 402 g/mol. The second-order valence-electron chi connectivity index (χ2n) is 10.4. The second kappa shape index (κ2) is 9.48. The number of rotatable bonds is 6. The Hall–Kier alpha value is -0.920. The maximum absolute atomic E-state index is 15.4. The van der Waals surface area contributed by atoms with Crippen LogP contribution in [0, 0.1) is 35.3 Å². The van der Waals surface area contributed by atoms with Crippen molar-refractivity contribution in [2.24, 2.45) is 23.7 Å². The summed E-state index contributed by atoms with van der Waals surface area (Å²) in [6.45, 7) is 4.47. The van der Waals surface area contributed by atoms with Gasteiger partial charge < -0.3 is 0 Å². The first-order chi connectivity index (χ1) is 14.1. The number of benzene rings is 1. The maximum Gasteiger partial charge on any atom is 0.133 e. The molecular formula is C27H40F2. The van der Waals surface area contributed by atoms with Crippen LogP contribution >= 0.6 is 0 Å². The van der Waals surface area contributed by atoms with Crippen molar-refractivity contribution in [3.63, 3.8) is 0 Å². The highest BCUT2D eigenvalue weighted by atomic mass is 19.1. The van der Waals surface area contributed by atoms with Gasteiger partial charge in [0.15, 0.2) is 0 Å². The Morgan fingerprint density at radius 3 is 2.48 bits per heavy atom. The third-order valence-corrected chi connectivity index (χ3v) is 8.68. The van der Waals surface area contributed by atoms with Gasteiger partial charge in [0.05, 0.1) is 0 Å². The second-order valence-corrected chi connectivity index (χ2v) is 10.4. The third kappa shape index (κ3) is 4.57. The molecule has 0 nitrogen and oxygen atoms in total. The van der Waals surface area contributed by atoms with Crippen molar-refractivity contribution in [2.75, 3.05) is 0 Å². The van der Waals surface area contributed by atoms with Gasteiger partial charge in [0.2, 0.25) is 0 Å². The van der Waals surface area contributed by atoms with Gasteiger partial charge in [-0.1, -0.05) is 52.4 Å². The first-order valence-electron chi connectivity index (χ1n) is 12.6. The highest BCUT2D eigenvalue weighted by Crippen LogP contribution is 2.49. The Bertz CT molecular complexity index is 694. The van der Waals surface area contributed by atoms with Crippen molar-refractivity contribution in [3.8, 4) is 0 Å². The minimum absolute atomic E-state index is 0.0992. The summed E-state index contributed by atoms with van der Waals surface area (Å²) in [6.07, 6.45) is 16.4. The van der Waals surface area contributed by atoms with Crippen LogP contribution in [-0.2, 0) is 12.8 Å². The van der Waals surface area contributed by atoms with Gasteiger partial charge in [-0.15, -0.1) is 0 Å². The summed E-state index contributed by atoms with van der Waals surface area (Å²) < 4.78 is 30.5. The summed E-state index contributed by atoms with van der Waals surface area (Å²) in [5.41, 5.74) is 2.23. The first-order valence-corrected chi connectivity index (χ1v) is 12.6. The summed E-state index contributed by atoms with van der Waals surface area (Å²) in [5.74, 6) is 2.66. The quantitative estimate of drug-likeness (QED) is 0.419. The largest absolute Gasteiger partial charge is 0.207 e. The van der Waals surface area contributed by atoms with Crippen LogP contribution in [0.2, 0.25) is 0 Å². The highest BCUT2D eigenvalue weighted by molar-refractivity contribution is 5.39. The van der Waals surface area contributed by atoms with Crippen LogP contribution in [0.1, 0.15) is 114 Å². The minimum Gasteiger partial charge on any atom is -0.207 e. The molecule has 0 radical (unpaired) electrons. The molecule has 1 aromatic rings. The molecule has 0 saturated heterocycles. The molecule has 1 aromatic carbocycles. The van der Waals surface area contributed by atoms with Crippen LogP contribution in [0.5, 0.6) is 0 Å². The number of halogens is 2. The molecule has 5 atom stereocenters. The number of hydrogen-bond acceptors (Lipinski definition) is 0. The Kier molecular flexibility index (Phi) is 6.97. The zero-order valence-corrected chi connectivity index (χ0v) is 18.6. The lowest BCUT2D eigenvalue weighted by Crippen LogP contribution is -2.31. The molecule has 2 saturated carbocycles. The van der Waals surface area contributed by atoms with E-state index in [-0.39, 0.29) is 17.6 Å². The lowest BCUT2D eigenvalue weighted by atomic mass is 9.63. The van der Waals surface area contributed by atoms with Crippen molar-refractivity contribution in [3.05, 3.63) is 34.4 Å². The Morgan fingerprint density at radius 2 is 1.69 bits per heavy atom. The van der Waals surface area contributed by atoms with Crippen molar-refractivity contribution < 1.29 is 8.78 Å². The summed E-state index contributed by atoms with van der Waals surface area (Å²) in [5, 5.41) is 0. The van der Waals surface area contributed by atoms with Gasteiger partial charge in [0, 0.05) is 5.56 Å². The molecule has 29 heavy (non-hydrogen) atoms. The Balaban J connectivity index is 1.44. The van der Waals surface area contributed by atoms with Crippen molar-refractivity contribution >= 4 is 0 Å². The van der Waals surface area contributed by atoms with Gasteiger partial charge in [-0.3, -0.25) is 0 Å². The Morgan fingerprint density at radius 1 is 0.897 bits per heavy atom. The van der Waals surface area contributed by atoms with Crippen LogP contribution in [-0.4, -0.2) is 0 Å². The molecule has 5 unspecified atom stereocenters. The predicted octanol–water partition coefficient (Wildman–Crippen LogP) is 8.36. The summed E-state index contributed by atoms with van der Waals surface area (Å²) in [7, 11) is 0. The summed E-state index contributed by atoms with van der Waals surface area (Å²) in [6, 6.07) is 1.70. The van der Waals surface area contributed by atoms with E-state index >= 15 is 8.78 Å². The van der Waals surface area contributed by atoms with E-state index in [2.05, 4.69) is 13.8 Å². The lowest BCUT2D eigenvalue weighted by Gasteiger charge is -2.42. The molecule has 3 aliphatic rings. The van der Waals surface area contributed by atoms with Gasteiger partial charge in [0.1, 0.15) is 11.6 Å².